The third-order valence-corrected chi connectivity index (χ3v) is 1.80. The highest BCUT2D eigenvalue weighted by Crippen LogP contribution is 2.32. The van der Waals surface area contributed by atoms with Crippen molar-refractivity contribution < 1.29 is 9.53 Å². The second-order valence-electron chi connectivity index (χ2n) is 3.85. The molecule has 0 bridgehead atoms. The van der Waals surface area contributed by atoms with Crippen LogP contribution in [0.2, 0.25) is 0 Å². The molecule has 0 aromatic heterocycles. The number of carbonyl (C=O) groups is 1. The summed E-state index contributed by atoms with van der Waals surface area (Å²) in [5.74, 6) is -0.0521. The molecular weight excluding hydrogens is 128 g/mol. The van der Waals surface area contributed by atoms with E-state index >= 15 is 0 Å². The van der Waals surface area contributed by atoms with E-state index in [9.17, 15) is 4.79 Å². The van der Waals surface area contributed by atoms with E-state index in [1.54, 1.807) is 0 Å². The van der Waals surface area contributed by atoms with Gasteiger partial charge >= 0.3 is 5.97 Å². The fraction of sp³-hybridized carbons (Fsp3) is 0.875. The number of hydrogen-bond donors (Lipinski definition) is 0. The zero-order valence-corrected chi connectivity index (χ0v) is 6.81. The predicted octanol–water partition coefficient (Wildman–Crippen LogP) is 1.74. The summed E-state index contributed by atoms with van der Waals surface area (Å²) in [6, 6.07) is 0. The molecule has 0 spiro atoms. The van der Waals surface area contributed by atoms with Crippen molar-refractivity contribution in [1.29, 1.82) is 0 Å². The number of cyclic esters (lactones) is 1. The lowest BCUT2D eigenvalue weighted by Gasteiger charge is -2.32. The van der Waals surface area contributed by atoms with Crippen LogP contribution in [0.5, 0.6) is 0 Å². The van der Waals surface area contributed by atoms with Crippen LogP contribution in [-0.2, 0) is 9.53 Å². The molecule has 0 aromatic carbocycles. The summed E-state index contributed by atoms with van der Waals surface area (Å²) >= 11 is 0. The molecule has 0 N–H and O–H groups in total. The van der Waals surface area contributed by atoms with Gasteiger partial charge in [-0.3, -0.25) is 4.79 Å². The Morgan fingerprint density at radius 3 is 2.60 bits per heavy atom. The van der Waals surface area contributed by atoms with E-state index in [-0.39, 0.29) is 17.5 Å². The van der Waals surface area contributed by atoms with Gasteiger partial charge in [0.25, 0.3) is 0 Å². The van der Waals surface area contributed by atoms with E-state index in [4.69, 9.17) is 4.74 Å². The molecule has 0 aliphatic carbocycles. The number of hydrogen-bond acceptors (Lipinski definition) is 2. The maximum Gasteiger partial charge on any atom is 0.306 e. The standard InChI is InChI=1S/C8H14O2/c1-6-4-8(2,3)5-7(9)10-6/h6H,4-5H2,1-3H3/t6-/m0/s1. The maximum atomic E-state index is 10.9. The van der Waals surface area contributed by atoms with Crippen molar-refractivity contribution in [3.8, 4) is 0 Å². The van der Waals surface area contributed by atoms with Crippen molar-refractivity contribution >= 4 is 5.97 Å². The van der Waals surface area contributed by atoms with Gasteiger partial charge in [0.05, 0.1) is 12.5 Å². The second-order valence-corrected chi connectivity index (χ2v) is 3.85. The molecule has 0 unspecified atom stereocenters. The Hall–Kier alpha value is -0.530. The number of ether oxygens (including phenoxy) is 1. The molecule has 1 heterocycles. The van der Waals surface area contributed by atoms with E-state index < -0.39 is 0 Å². The van der Waals surface area contributed by atoms with Crippen molar-refractivity contribution in [1.82, 2.24) is 0 Å². The molecule has 1 atom stereocenters. The van der Waals surface area contributed by atoms with Crippen molar-refractivity contribution in [2.75, 3.05) is 0 Å². The van der Waals surface area contributed by atoms with Crippen LogP contribution in [-0.4, -0.2) is 12.1 Å². The molecule has 1 saturated heterocycles. The van der Waals surface area contributed by atoms with Gasteiger partial charge in [0.2, 0.25) is 0 Å². The Kier molecular flexibility index (Phi) is 1.71. The quantitative estimate of drug-likeness (QED) is 0.481. The van der Waals surface area contributed by atoms with Crippen LogP contribution in [0.1, 0.15) is 33.6 Å². The molecule has 1 aliphatic rings. The molecule has 0 saturated carbocycles. The zero-order valence-electron chi connectivity index (χ0n) is 6.81. The largest absolute Gasteiger partial charge is 0.463 e. The first-order valence-electron chi connectivity index (χ1n) is 3.69. The Labute approximate surface area is 61.6 Å². The van der Waals surface area contributed by atoms with Crippen LogP contribution in [0.15, 0.2) is 0 Å². The number of carbonyl (C=O) groups excluding carboxylic acids is 1. The highest BCUT2D eigenvalue weighted by Gasteiger charge is 2.31. The van der Waals surface area contributed by atoms with Crippen LogP contribution < -0.4 is 0 Å². The van der Waals surface area contributed by atoms with E-state index in [0.29, 0.717) is 6.42 Å². The minimum atomic E-state index is -0.0521. The molecule has 10 heavy (non-hydrogen) atoms. The van der Waals surface area contributed by atoms with Crippen LogP contribution >= 0.6 is 0 Å². The SMILES string of the molecule is C[C@H]1CC(C)(C)CC(=O)O1. The Morgan fingerprint density at radius 2 is 2.20 bits per heavy atom. The molecule has 1 rings (SSSR count). The molecule has 58 valence electrons. The Bertz CT molecular complexity index is 149. The smallest absolute Gasteiger partial charge is 0.306 e. The van der Waals surface area contributed by atoms with Gasteiger partial charge in [0, 0.05) is 0 Å². The third kappa shape index (κ3) is 1.72. The van der Waals surface area contributed by atoms with Crippen LogP contribution in [0.4, 0.5) is 0 Å². The summed E-state index contributed by atoms with van der Waals surface area (Å²) in [4.78, 5) is 10.9. The Morgan fingerprint density at radius 1 is 1.60 bits per heavy atom. The lowest BCUT2D eigenvalue weighted by Crippen LogP contribution is -2.32. The lowest BCUT2D eigenvalue weighted by molar-refractivity contribution is -0.159. The molecule has 2 nitrogen and oxygen atoms in total. The minimum Gasteiger partial charge on any atom is -0.463 e. The van der Waals surface area contributed by atoms with Crippen molar-refractivity contribution in [2.45, 2.75) is 39.7 Å². The Balaban J connectivity index is 2.59. The summed E-state index contributed by atoms with van der Waals surface area (Å²) in [6.07, 6.45) is 1.66. The lowest BCUT2D eigenvalue weighted by atomic mass is 9.82. The summed E-state index contributed by atoms with van der Waals surface area (Å²) < 4.78 is 4.98. The molecule has 0 aromatic rings. The van der Waals surface area contributed by atoms with E-state index in [1.165, 1.54) is 0 Å². The summed E-state index contributed by atoms with van der Waals surface area (Å²) in [7, 11) is 0. The van der Waals surface area contributed by atoms with Crippen LogP contribution in [0, 0.1) is 5.41 Å². The molecule has 0 radical (unpaired) electrons. The molecule has 1 aliphatic heterocycles. The number of esters is 1. The van der Waals surface area contributed by atoms with E-state index in [1.807, 2.05) is 6.92 Å². The van der Waals surface area contributed by atoms with Gasteiger partial charge in [-0.2, -0.15) is 0 Å². The first-order valence-corrected chi connectivity index (χ1v) is 3.69. The van der Waals surface area contributed by atoms with Crippen molar-refractivity contribution in [3.63, 3.8) is 0 Å². The topological polar surface area (TPSA) is 26.3 Å². The van der Waals surface area contributed by atoms with Gasteiger partial charge in [0.15, 0.2) is 0 Å². The number of rotatable bonds is 0. The van der Waals surface area contributed by atoms with Crippen molar-refractivity contribution in [3.05, 3.63) is 0 Å². The summed E-state index contributed by atoms with van der Waals surface area (Å²) in [5, 5.41) is 0. The van der Waals surface area contributed by atoms with Gasteiger partial charge in [-0.25, -0.2) is 0 Å². The third-order valence-electron chi connectivity index (χ3n) is 1.80. The average Bonchev–Trinajstić information content (AvgIpc) is 1.54. The summed E-state index contributed by atoms with van der Waals surface area (Å²) in [6.45, 7) is 6.15. The van der Waals surface area contributed by atoms with E-state index in [0.717, 1.165) is 6.42 Å². The van der Waals surface area contributed by atoms with Crippen LogP contribution in [0.3, 0.4) is 0 Å². The second kappa shape index (κ2) is 2.26. The molecule has 0 amide bonds. The minimum absolute atomic E-state index is 0.0521. The monoisotopic (exact) mass is 142 g/mol. The van der Waals surface area contributed by atoms with Gasteiger partial charge in [0.1, 0.15) is 0 Å². The van der Waals surface area contributed by atoms with Crippen LogP contribution in [0.25, 0.3) is 0 Å². The van der Waals surface area contributed by atoms with Gasteiger partial charge in [-0.1, -0.05) is 13.8 Å². The maximum absolute atomic E-state index is 10.9. The molecular formula is C8H14O2. The van der Waals surface area contributed by atoms with Gasteiger partial charge < -0.3 is 4.74 Å². The first kappa shape index (κ1) is 7.58. The fourth-order valence-electron chi connectivity index (χ4n) is 1.55. The highest BCUT2D eigenvalue weighted by atomic mass is 16.5. The molecule has 1 fully saturated rings. The van der Waals surface area contributed by atoms with Gasteiger partial charge in [-0.15, -0.1) is 0 Å². The first-order chi connectivity index (χ1) is 4.49. The van der Waals surface area contributed by atoms with Crippen molar-refractivity contribution in [2.24, 2.45) is 5.41 Å². The van der Waals surface area contributed by atoms with Gasteiger partial charge in [-0.05, 0) is 18.8 Å². The predicted molar refractivity (Wildman–Crippen MR) is 38.6 cm³/mol. The fourth-order valence-corrected chi connectivity index (χ4v) is 1.55. The molecule has 2 heteroatoms. The normalized spacial score (nSPS) is 31.5. The zero-order chi connectivity index (χ0) is 7.78. The van der Waals surface area contributed by atoms with E-state index in [2.05, 4.69) is 13.8 Å². The summed E-state index contributed by atoms with van der Waals surface area (Å²) in [5.41, 5.74) is 0.148. The highest BCUT2D eigenvalue weighted by molar-refractivity contribution is 5.71. The average molecular weight is 142 g/mol.